The van der Waals surface area contributed by atoms with Gasteiger partial charge in [-0.3, -0.25) is 14.8 Å². The van der Waals surface area contributed by atoms with Gasteiger partial charge in [0.15, 0.2) is 0 Å². The summed E-state index contributed by atoms with van der Waals surface area (Å²) in [5, 5.41) is 12.9. The quantitative estimate of drug-likeness (QED) is 0.284. The van der Waals surface area contributed by atoms with E-state index >= 15 is 0 Å². The Morgan fingerprint density at radius 1 is 1.15 bits per heavy atom. The first-order chi connectivity index (χ1) is 15.9. The van der Waals surface area contributed by atoms with Crippen molar-refractivity contribution < 1.29 is 4.79 Å². The van der Waals surface area contributed by atoms with Crippen LogP contribution in [0.1, 0.15) is 42.6 Å². The smallest absolute Gasteiger partial charge is 0.262 e. The molecule has 3 aromatic rings. The van der Waals surface area contributed by atoms with Gasteiger partial charge in [-0.2, -0.15) is 5.26 Å². The molecule has 4 rings (SSSR count). The van der Waals surface area contributed by atoms with Gasteiger partial charge >= 0.3 is 0 Å². The summed E-state index contributed by atoms with van der Waals surface area (Å²) in [6.07, 6.45) is 8.66. The third-order valence-electron chi connectivity index (χ3n) is 6.05. The molecular weight excluding hydrogens is 544 g/mol. The SMILES string of the molecule is Cc1ncccc1-c1ccc(C2(NC(=O)/C(C#N)=C/c3ncc(Br)cc3Br)CCCC2)cc1. The molecule has 5 nitrogen and oxygen atoms in total. The molecule has 2 aromatic heterocycles. The molecule has 0 unspecified atom stereocenters. The molecule has 1 aliphatic carbocycles. The largest absolute Gasteiger partial charge is 0.342 e. The van der Waals surface area contributed by atoms with Gasteiger partial charge in [0.25, 0.3) is 5.91 Å². The van der Waals surface area contributed by atoms with E-state index in [4.69, 9.17) is 0 Å². The maximum Gasteiger partial charge on any atom is 0.262 e. The molecule has 33 heavy (non-hydrogen) atoms. The van der Waals surface area contributed by atoms with E-state index in [0.29, 0.717) is 10.2 Å². The van der Waals surface area contributed by atoms with Gasteiger partial charge in [0.05, 0.1) is 11.2 Å². The normalized spacial score (nSPS) is 15.2. The number of aryl methyl sites for hydroxylation is 1. The van der Waals surface area contributed by atoms with Gasteiger partial charge in [0.1, 0.15) is 11.6 Å². The standard InChI is InChI=1S/C26H22Br2N4O/c1-17-22(5-4-12-30-17)18-6-8-20(9-7-18)26(10-2-3-11-26)32-25(33)19(15-29)13-24-23(28)14-21(27)16-31-24/h4-9,12-14,16H,2-3,10-11H2,1H3,(H,32,33)/b19-13+. The van der Waals surface area contributed by atoms with Gasteiger partial charge < -0.3 is 5.32 Å². The number of rotatable bonds is 5. The molecule has 0 aliphatic heterocycles. The van der Waals surface area contributed by atoms with Crippen LogP contribution in [-0.4, -0.2) is 15.9 Å². The number of halogens is 2. The van der Waals surface area contributed by atoms with Crippen LogP contribution >= 0.6 is 31.9 Å². The van der Waals surface area contributed by atoms with Crippen molar-refractivity contribution >= 4 is 43.8 Å². The lowest BCUT2D eigenvalue weighted by molar-refractivity contribution is -0.119. The van der Waals surface area contributed by atoms with Crippen molar-refractivity contribution in [1.29, 1.82) is 5.26 Å². The van der Waals surface area contributed by atoms with Crippen molar-refractivity contribution in [3.63, 3.8) is 0 Å². The minimum absolute atomic E-state index is 0.0272. The third-order valence-corrected chi connectivity index (χ3v) is 7.12. The maximum absolute atomic E-state index is 13.2. The number of pyridine rings is 2. The Bertz CT molecular complexity index is 1260. The number of nitrogens with zero attached hydrogens (tertiary/aromatic N) is 3. The Morgan fingerprint density at radius 3 is 2.52 bits per heavy atom. The molecule has 1 aromatic carbocycles. The Balaban J connectivity index is 1.61. The fourth-order valence-corrected chi connectivity index (χ4v) is 5.43. The summed E-state index contributed by atoms with van der Waals surface area (Å²) in [7, 11) is 0. The summed E-state index contributed by atoms with van der Waals surface area (Å²) < 4.78 is 1.51. The molecule has 1 N–H and O–H groups in total. The summed E-state index contributed by atoms with van der Waals surface area (Å²) in [5.74, 6) is -0.386. The summed E-state index contributed by atoms with van der Waals surface area (Å²) in [6, 6.07) is 16.2. The molecule has 0 atom stereocenters. The van der Waals surface area contributed by atoms with Gasteiger partial charge in [-0.15, -0.1) is 0 Å². The van der Waals surface area contributed by atoms with Crippen LogP contribution in [0.2, 0.25) is 0 Å². The van der Waals surface area contributed by atoms with Crippen LogP contribution in [0.3, 0.4) is 0 Å². The molecule has 1 saturated carbocycles. The number of nitrogens with one attached hydrogen (secondary N) is 1. The third kappa shape index (κ3) is 5.07. The van der Waals surface area contributed by atoms with Crippen LogP contribution in [0.15, 0.2) is 69.4 Å². The summed E-state index contributed by atoms with van der Waals surface area (Å²) in [5.41, 5.74) is 4.29. The minimum Gasteiger partial charge on any atom is -0.342 e. The van der Waals surface area contributed by atoms with Crippen LogP contribution < -0.4 is 5.32 Å². The van der Waals surface area contributed by atoms with Gasteiger partial charge in [-0.25, -0.2) is 0 Å². The first kappa shape index (κ1) is 23.3. The molecule has 1 aliphatic rings. The topological polar surface area (TPSA) is 78.7 Å². The Labute approximate surface area is 210 Å². The average molecular weight is 566 g/mol. The molecule has 0 saturated heterocycles. The van der Waals surface area contributed by atoms with Crippen molar-refractivity contribution in [2.45, 2.75) is 38.1 Å². The monoisotopic (exact) mass is 564 g/mol. The summed E-state index contributed by atoms with van der Waals surface area (Å²) in [6.45, 7) is 2.00. The molecule has 0 spiro atoms. The molecule has 1 fully saturated rings. The predicted molar refractivity (Wildman–Crippen MR) is 136 cm³/mol. The van der Waals surface area contributed by atoms with Crippen LogP contribution in [0, 0.1) is 18.3 Å². The lowest BCUT2D eigenvalue weighted by Gasteiger charge is -2.31. The molecule has 2 heterocycles. The van der Waals surface area contributed by atoms with E-state index in [1.165, 1.54) is 6.08 Å². The second-order valence-corrected chi connectivity index (χ2v) is 9.92. The Kier molecular flexibility index (Phi) is 7.06. The lowest BCUT2D eigenvalue weighted by atomic mass is 9.86. The zero-order valence-corrected chi connectivity index (χ0v) is 21.3. The van der Waals surface area contributed by atoms with Crippen LogP contribution in [-0.2, 0) is 10.3 Å². The Morgan fingerprint density at radius 2 is 1.88 bits per heavy atom. The van der Waals surface area contributed by atoms with E-state index in [2.05, 4.69) is 77.5 Å². The van der Waals surface area contributed by atoms with Crippen LogP contribution in [0.25, 0.3) is 17.2 Å². The maximum atomic E-state index is 13.2. The molecule has 0 radical (unpaired) electrons. The van der Waals surface area contributed by atoms with Crippen LogP contribution in [0.4, 0.5) is 0 Å². The highest BCUT2D eigenvalue weighted by Gasteiger charge is 2.37. The number of aromatic nitrogens is 2. The van der Waals surface area contributed by atoms with Crippen molar-refractivity contribution in [2.24, 2.45) is 0 Å². The van der Waals surface area contributed by atoms with Gasteiger partial charge in [0.2, 0.25) is 0 Å². The van der Waals surface area contributed by atoms with Gasteiger partial charge in [0, 0.05) is 32.6 Å². The van der Waals surface area contributed by atoms with Crippen molar-refractivity contribution in [1.82, 2.24) is 15.3 Å². The second-order valence-electron chi connectivity index (χ2n) is 8.15. The van der Waals surface area contributed by atoms with Crippen LogP contribution in [0.5, 0.6) is 0 Å². The predicted octanol–water partition coefficient (Wildman–Crippen LogP) is 6.47. The number of hydrogen-bond donors (Lipinski definition) is 1. The number of hydrogen-bond acceptors (Lipinski definition) is 4. The summed E-state index contributed by atoms with van der Waals surface area (Å²) in [4.78, 5) is 21.8. The van der Waals surface area contributed by atoms with Gasteiger partial charge in [-0.05, 0) is 81.0 Å². The lowest BCUT2D eigenvalue weighted by Crippen LogP contribution is -2.44. The first-order valence-electron chi connectivity index (χ1n) is 10.7. The van der Waals surface area contributed by atoms with Crippen molar-refractivity contribution in [3.05, 3.63) is 86.3 Å². The second kappa shape index (κ2) is 9.98. The average Bonchev–Trinajstić information content (AvgIpc) is 3.28. The highest BCUT2D eigenvalue weighted by atomic mass is 79.9. The zero-order chi connectivity index (χ0) is 23.4. The van der Waals surface area contributed by atoms with E-state index in [-0.39, 0.29) is 11.5 Å². The van der Waals surface area contributed by atoms with E-state index in [1.54, 1.807) is 12.4 Å². The fraction of sp³-hybridized carbons (Fsp3) is 0.231. The molecule has 1 amide bonds. The minimum atomic E-state index is -0.486. The molecule has 0 bridgehead atoms. The number of benzene rings is 1. The molecular formula is C26H22Br2N4O. The van der Waals surface area contributed by atoms with E-state index < -0.39 is 5.54 Å². The number of nitriles is 1. The summed E-state index contributed by atoms with van der Waals surface area (Å²) >= 11 is 6.80. The van der Waals surface area contributed by atoms with E-state index in [1.807, 2.05) is 25.1 Å². The highest BCUT2D eigenvalue weighted by Crippen LogP contribution is 2.40. The zero-order valence-electron chi connectivity index (χ0n) is 18.1. The fourth-order valence-electron chi connectivity index (χ4n) is 4.32. The number of carbonyl (C=O) groups excluding carboxylic acids is 1. The number of carbonyl (C=O) groups is 1. The highest BCUT2D eigenvalue weighted by molar-refractivity contribution is 9.11. The number of amides is 1. The van der Waals surface area contributed by atoms with E-state index in [0.717, 1.165) is 52.5 Å². The Hall–Kier alpha value is -2.82. The first-order valence-corrected chi connectivity index (χ1v) is 12.3. The van der Waals surface area contributed by atoms with Crippen molar-refractivity contribution in [2.75, 3.05) is 0 Å². The van der Waals surface area contributed by atoms with Crippen molar-refractivity contribution in [3.8, 4) is 17.2 Å². The van der Waals surface area contributed by atoms with Gasteiger partial charge in [-0.1, -0.05) is 43.2 Å². The molecule has 166 valence electrons. The molecule has 7 heteroatoms. The van der Waals surface area contributed by atoms with E-state index in [9.17, 15) is 10.1 Å².